The van der Waals surface area contributed by atoms with Gasteiger partial charge in [0.15, 0.2) is 0 Å². The van der Waals surface area contributed by atoms with E-state index >= 15 is 0 Å². The highest BCUT2D eigenvalue weighted by Gasteiger charge is 2.35. The van der Waals surface area contributed by atoms with Crippen LogP contribution >= 0.6 is 11.8 Å². The van der Waals surface area contributed by atoms with Gasteiger partial charge in [-0.1, -0.05) is 30.3 Å². The molecule has 3 nitrogen and oxygen atoms in total. The maximum absolute atomic E-state index is 8.54. The van der Waals surface area contributed by atoms with Gasteiger partial charge in [0.1, 0.15) is 0 Å². The molecule has 1 atom stereocenters. The second-order valence-corrected chi connectivity index (χ2v) is 4.63. The van der Waals surface area contributed by atoms with Crippen LogP contribution in [0.3, 0.4) is 0 Å². The average Bonchev–Trinajstić information content (AvgIpc) is 2.29. The van der Waals surface area contributed by atoms with Crippen molar-refractivity contribution in [2.24, 2.45) is 10.1 Å². The van der Waals surface area contributed by atoms with Gasteiger partial charge in [-0.05, 0) is 20.3 Å². The zero-order chi connectivity index (χ0) is 9.19. The molecule has 0 aromatic heterocycles. The van der Waals surface area contributed by atoms with Crippen molar-refractivity contribution in [3.05, 3.63) is 0 Å². The molecular formula is C8H14N2OS. The number of thioether (sulfide) groups is 1. The van der Waals surface area contributed by atoms with Crippen LogP contribution in [0.1, 0.15) is 33.6 Å². The first-order chi connectivity index (χ1) is 5.62. The van der Waals surface area contributed by atoms with Crippen molar-refractivity contribution >= 4 is 22.6 Å². The second kappa shape index (κ2) is 3.47. The number of aliphatic imine (C=N–C) groups is 1. The highest BCUT2D eigenvalue weighted by Crippen LogP contribution is 2.37. The Bertz CT molecular complexity index is 237. The summed E-state index contributed by atoms with van der Waals surface area (Å²) in [5.41, 5.74) is 1.06. The zero-order valence-electron chi connectivity index (χ0n) is 7.66. The quantitative estimate of drug-likeness (QED) is 0.532. The summed E-state index contributed by atoms with van der Waals surface area (Å²) in [5.74, 6) is 0. The molecule has 4 heteroatoms. The zero-order valence-corrected chi connectivity index (χ0v) is 8.48. The smallest absolute Gasteiger partial charge is 0.226 e. The Hall–Kier alpha value is -0.510. The first-order valence-corrected chi connectivity index (χ1v) is 4.91. The molecule has 0 spiro atoms. The molecule has 0 amide bonds. The van der Waals surface area contributed by atoms with E-state index in [2.05, 4.69) is 24.0 Å². The summed E-state index contributed by atoms with van der Waals surface area (Å²) in [5, 5.41) is 12.1. The fourth-order valence-corrected chi connectivity index (χ4v) is 2.44. The number of amidine groups is 1. The van der Waals surface area contributed by atoms with E-state index in [1.54, 1.807) is 11.8 Å². The summed E-state index contributed by atoms with van der Waals surface area (Å²) in [4.78, 5) is 4.16. The third-order valence-corrected chi connectivity index (χ3v) is 3.46. The Morgan fingerprint density at radius 2 is 2.33 bits per heavy atom. The Kier molecular flexibility index (Phi) is 2.77. The van der Waals surface area contributed by atoms with Crippen molar-refractivity contribution in [3.63, 3.8) is 0 Å². The normalized spacial score (nSPS) is 32.6. The van der Waals surface area contributed by atoms with Crippen molar-refractivity contribution in [3.8, 4) is 0 Å². The lowest BCUT2D eigenvalue weighted by atomic mass is 10.0. The first kappa shape index (κ1) is 9.58. The van der Waals surface area contributed by atoms with Crippen LogP contribution in [0, 0.1) is 0 Å². The van der Waals surface area contributed by atoms with Crippen LogP contribution in [-0.2, 0) is 0 Å². The highest BCUT2D eigenvalue weighted by atomic mass is 32.2. The van der Waals surface area contributed by atoms with Gasteiger partial charge in [-0.2, -0.15) is 0 Å². The molecule has 12 heavy (non-hydrogen) atoms. The van der Waals surface area contributed by atoms with Crippen molar-refractivity contribution in [2.75, 3.05) is 0 Å². The largest absolute Gasteiger partial charge is 0.409 e. The third kappa shape index (κ3) is 1.63. The van der Waals surface area contributed by atoms with E-state index in [4.69, 9.17) is 5.21 Å². The second-order valence-electron chi connectivity index (χ2n) is 3.16. The van der Waals surface area contributed by atoms with Gasteiger partial charge in [-0.25, -0.2) is 4.99 Å². The van der Waals surface area contributed by atoms with Crippen LogP contribution in [0.5, 0.6) is 0 Å². The predicted octanol–water partition coefficient (Wildman–Crippen LogP) is 2.50. The summed E-state index contributed by atoms with van der Waals surface area (Å²) < 4.78 is 0.0519. The van der Waals surface area contributed by atoms with Crippen molar-refractivity contribution in [1.29, 1.82) is 0 Å². The molecular weight excluding hydrogens is 172 g/mol. The van der Waals surface area contributed by atoms with Crippen molar-refractivity contribution in [1.82, 2.24) is 0 Å². The molecule has 0 saturated carbocycles. The molecule has 1 unspecified atom stereocenters. The molecule has 1 aliphatic rings. The van der Waals surface area contributed by atoms with Crippen LogP contribution < -0.4 is 0 Å². The van der Waals surface area contributed by atoms with E-state index in [1.807, 2.05) is 6.92 Å². The summed E-state index contributed by atoms with van der Waals surface area (Å²) in [6, 6.07) is 0. The third-order valence-electron chi connectivity index (χ3n) is 2.16. The Balaban J connectivity index is 2.79. The monoisotopic (exact) mass is 186 g/mol. The number of rotatable bonds is 2. The average molecular weight is 186 g/mol. The van der Waals surface area contributed by atoms with Gasteiger partial charge in [-0.15, -0.1) is 0 Å². The minimum Gasteiger partial charge on any atom is -0.409 e. The molecule has 1 aliphatic heterocycles. The number of nitrogens with zero attached hydrogens (tertiary/aromatic N) is 2. The maximum Gasteiger partial charge on any atom is 0.226 e. The number of oxime groups is 1. The van der Waals surface area contributed by atoms with Crippen LogP contribution in [0.4, 0.5) is 0 Å². The van der Waals surface area contributed by atoms with Crippen molar-refractivity contribution < 1.29 is 5.21 Å². The van der Waals surface area contributed by atoms with Gasteiger partial charge >= 0.3 is 0 Å². The molecule has 1 heterocycles. The molecule has 68 valence electrons. The number of hydrogen-bond donors (Lipinski definition) is 1. The molecule has 0 aromatic carbocycles. The lowest BCUT2D eigenvalue weighted by Crippen LogP contribution is -2.25. The summed E-state index contributed by atoms with van der Waals surface area (Å²) in [6.45, 7) is 6.27. The van der Waals surface area contributed by atoms with E-state index in [0.29, 0.717) is 5.17 Å². The van der Waals surface area contributed by atoms with Gasteiger partial charge in [0.25, 0.3) is 0 Å². The molecule has 0 aliphatic carbocycles. The SMILES string of the molecule is CCCC1(C)SC(=NO)N=C1C. The topological polar surface area (TPSA) is 45.0 Å². The lowest BCUT2D eigenvalue weighted by Gasteiger charge is -2.21. The summed E-state index contributed by atoms with van der Waals surface area (Å²) in [7, 11) is 0. The van der Waals surface area contributed by atoms with Crippen LogP contribution in [-0.4, -0.2) is 20.8 Å². The van der Waals surface area contributed by atoms with Crippen molar-refractivity contribution in [2.45, 2.75) is 38.4 Å². The minimum absolute atomic E-state index is 0.0519. The molecule has 0 aromatic rings. The summed E-state index contributed by atoms with van der Waals surface area (Å²) in [6.07, 6.45) is 2.20. The van der Waals surface area contributed by atoms with Crippen LogP contribution in [0.15, 0.2) is 10.1 Å². The Morgan fingerprint density at radius 1 is 1.67 bits per heavy atom. The molecule has 1 rings (SSSR count). The highest BCUT2D eigenvalue weighted by molar-refractivity contribution is 8.16. The van der Waals surface area contributed by atoms with E-state index in [0.717, 1.165) is 18.6 Å². The van der Waals surface area contributed by atoms with Crippen LogP contribution in [0.2, 0.25) is 0 Å². The first-order valence-electron chi connectivity index (χ1n) is 4.09. The fourth-order valence-electron chi connectivity index (χ4n) is 1.31. The fraction of sp³-hybridized carbons (Fsp3) is 0.750. The minimum atomic E-state index is 0.0519. The van der Waals surface area contributed by atoms with Gasteiger partial charge in [0.2, 0.25) is 5.17 Å². The number of hydrogen-bond acceptors (Lipinski definition) is 3. The van der Waals surface area contributed by atoms with E-state index in [9.17, 15) is 0 Å². The Labute approximate surface area is 77.0 Å². The lowest BCUT2D eigenvalue weighted by molar-refractivity contribution is 0.320. The molecule has 0 radical (unpaired) electrons. The summed E-state index contributed by atoms with van der Waals surface area (Å²) >= 11 is 1.54. The molecule has 0 saturated heterocycles. The Morgan fingerprint density at radius 3 is 2.75 bits per heavy atom. The van der Waals surface area contributed by atoms with Gasteiger partial charge in [-0.3, -0.25) is 0 Å². The maximum atomic E-state index is 8.54. The van der Waals surface area contributed by atoms with Gasteiger partial charge in [0.05, 0.1) is 4.75 Å². The van der Waals surface area contributed by atoms with E-state index in [1.165, 1.54) is 0 Å². The molecule has 1 N–H and O–H groups in total. The van der Waals surface area contributed by atoms with Crippen LogP contribution in [0.25, 0.3) is 0 Å². The molecule has 0 fully saturated rings. The predicted molar refractivity (Wildman–Crippen MR) is 53.2 cm³/mol. The van der Waals surface area contributed by atoms with Gasteiger partial charge < -0.3 is 5.21 Å². The van der Waals surface area contributed by atoms with Gasteiger partial charge in [0, 0.05) is 5.71 Å². The van der Waals surface area contributed by atoms with E-state index in [-0.39, 0.29) is 4.75 Å². The van der Waals surface area contributed by atoms with E-state index < -0.39 is 0 Å². The molecule has 0 bridgehead atoms. The standard InChI is InChI=1S/C8H14N2OS/c1-4-5-8(3)6(2)9-7(10-11)12-8/h11H,4-5H2,1-3H3.